The molecule has 0 aliphatic rings. The monoisotopic (exact) mass is 274 g/mol. The van der Waals surface area contributed by atoms with Crippen LogP contribution in [0.15, 0.2) is 18.2 Å². The second-order valence-corrected chi connectivity index (χ2v) is 4.35. The Kier molecular flexibility index (Phi) is 6.35. The fraction of sp³-hybridized carbons (Fsp3) is 0.538. The summed E-state index contributed by atoms with van der Waals surface area (Å²) >= 11 is 0. The highest BCUT2D eigenvalue weighted by atomic mass is 19.3. The minimum absolute atomic E-state index is 0.0593. The van der Waals surface area contributed by atoms with E-state index in [1.807, 2.05) is 19.9 Å². The van der Waals surface area contributed by atoms with E-state index >= 15 is 0 Å². The summed E-state index contributed by atoms with van der Waals surface area (Å²) in [6, 6.07) is 5.29. The molecule has 0 radical (unpaired) electrons. The smallest absolute Gasteiger partial charge is 0.261 e. The van der Waals surface area contributed by atoms with E-state index in [1.165, 1.54) is 0 Å². The Hall–Kier alpha value is -1.56. The average molecular weight is 274 g/mol. The molecule has 0 aliphatic carbocycles. The Morgan fingerprint density at radius 1 is 1.26 bits per heavy atom. The number of alkyl halides is 2. The zero-order chi connectivity index (χ0) is 14.3. The van der Waals surface area contributed by atoms with Gasteiger partial charge in [-0.25, -0.2) is 8.78 Å². The van der Waals surface area contributed by atoms with Gasteiger partial charge in [-0.1, -0.05) is 0 Å². The lowest BCUT2D eigenvalue weighted by Crippen LogP contribution is -2.13. The van der Waals surface area contributed by atoms with E-state index in [1.54, 1.807) is 12.1 Å². The maximum absolute atomic E-state index is 11.8. The zero-order valence-corrected chi connectivity index (χ0v) is 11.2. The summed E-state index contributed by atoms with van der Waals surface area (Å²) in [6.45, 7) is 3.94. The molecule has 1 rings (SSSR count). The highest BCUT2D eigenvalue weighted by Crippen LogP contribution is 2.23. The largest absolute Gasteiger partial charge is 0.491 e. The lowest BCUT2D eigenvalue weighted by molar-refractivity contribution is 0.0215. The Bertz CT molecular complexity index is 387. The van der Waals surface area contributed by atoms with E-state index in [-0.39, 0.29) is 12.7 Å². The molecule has 0 saturated heterocycles. The van der Waals surface area contributed by atoms with Crippen molar-refractivity contribution in [1.82, 2.24) is 0 Å². The lowest BCUT2D eigenvalue weighted by Gasteiger charge is -2.13. The number of hydrogen-bond donors (Lipinski definition) is 2. The van der Waals surface area contributed by atoms with Crippen molar-refractivity contribution in [2.45, 2.75) is 26.4 Å². The van der Waals surface area contributed by atoms with Gasteiger partial charge in [0.2, 0.25) is 0 Å². The van der Waals surface area contributed by atoms with Crippen molar-refractivity contribution in [2.24, 2.45) is 0 Å². The molecule has 0 bridgehead atoms. The van der Waals surface area contributed by atoms with Crippen LogP contribution in [-0.4, -0.2) is 32.3 Å². The maximum atomic E-state index is 11.8. The minimum atomic E-state index is -2.43. The molecule has 0 aromatic heterocycles. The van der Waals surface area contributed by atoms with Crippen molar-refractivity contribution >= 4 is 11.4 Å². The van der Waals surface area contributed by atoms with Crippen molar-refractivity contribution in [3.05, 3.63) is 18.2 Å². The van der Waals surface area contributed by atoms with Crippen LogP contribution in [0.1, 0.15) is 13.8 Å². The van der Waals surface area contributed by atoms with Crippen LogP contribution in [0.5, 0.6) is 5.75 Å². The number of rotatable bonds is 8. The van der Waals surface area contributed by atoms with Gasteiger partial charge in [-0.15, -0.1) is 0 Å². The first kappa shape index (κ1) is 15.5. The number of nitrogens with one attached hydrogen (secondary N) is 1. The molecule has 0 unspecified atom stereocenters. The molecule has 19 heavy (non-hydrogen) atoms. The highest BCUT2D eigenvalue weighted by Gasteiger charge is 2.03. The fourth-order valence-corrected chi connectivity index (χ4v) is 1.50. The molecule has 0 aliphatic heterocycles. The maximum Gasteiger partial charge on any atom is 0.261 e. The van der Waals surface area contributed by atoms with Crippen LogP contribution in [0, 0.1) is 0 Å². The second-order valence-electron chi connectivity index (χ2n) is 4.35. The van der Waals surface area contributed by atoms with Gasteiger partial charge in [0.1, 0.15) is 12.4 Å². The molecule has 108 valence electrons. The van der Waals surface area contributed by atoms with Gasteiger partial charge < -0.3 is 20.5 Å². The summed E-state index contributed by atoms with van der Waals surface area (Å²) in [5.41, 5.74) is 7.11. The van der Waals surface area contributed by atoms with Crippen LogP contribution < -0.4 is 15.8 Å². The molecule has 1 aromatic carbocycles. The predicted molar refractivity (Wildman–Crippen MR) is 71.9 cm³/mol. The molecule has 0 spiro atoms. The Morgan fingerprint density at radius 3 is 2.63 bits per heavy atom. The molecular weight excluding hydrogens is 254 g/mol. The van der Waals surface area contributed by atoms with Gasteiger partial charge in [-0.05, 0) is 19.9 Å². The van der Waals surface area contributed by atoms with E-state index in [0.29, 0.717) is 18.0 Å². The van der Waals surface area contributed by atoms with Crippen LogP contribution in [0.25, 0.3) is 0 Å². The van der Waals surface area contributed by atoms with Gasteiger partial charge in [0.25, 0.3) is 6.43 Å². The Morgan fingerprint density at radius 2 is 2.00 bits per heavy atom. The van der Waals surface area contributed by atoms with E-state index in [0.717, 1.165) is 5.69 Å². The van der Waals surface area contributed by atoms with Gasteiger partial charge >= 0.3 is 0 Å². The summed E-state index contributed by atoms with van der Waals surface area (Å²) in [7, 11) is 0. The summed E-state index contributed by atoms with van der Waals surface area (Å²) in [4.78, 5) is 0. The van der Waals surface area contributed by atoms with Crippen molar-refractivity contribution in [3.63, 3.8) is 0 Å². The van der Waals surface area contributed by atoms with Crippen molar-refractivity contribution < 1.29 is 18.3 Å². The van der Waals surface area contributed by atoms with Crippen LogP contribution in [-0.2, 0) is 4.74 Å². The molecule has 4 nitrogen and oxygen atoms in total. The lowest BCUT2D eigenvalue weighted by atomic mass is 10.2. The van der Waals surface area contributed by atoms with Crippen molar-refractivity contribution in [1.29, 1.82) is 0 Å². The van der Waals surface area contributed by atoms with Crippen molar-refractivity contribution in [3.8, 4) is 5.75 Å². The summed E-state index contributed by atoms with van der Waals surface area (Å²) in [5.74, 6) is 0.672. The molecule has 1 aromatic rings. The van der Waals surface area contributed by atoms with Gasteiger partial charge in [-0.2, -0.15) is 0 Å². The number of benzene rings is 1. The fourth-order valence-electron chi connectivity index (χ4n) is 1.50. The Balaban J connectivity index is 2.42. The third kappa shape index (κ3) is 6.81. The minimum Gasteiger partial charge on any atom is -0.491 e. The zero-order valence-electron chi connectivity index (χ0n) is 11.2. The van der Waals surface area contributed by atoms with Gasteiger partial charge in [0.05, 0.1) is 12.7 Å². The summed E-state index contributed by atoms with van der Waals surface area (Å²) in [5, 5.41) is 3.04. The number of nitrogens with two attached hydrogens (primary N) is 1. The number of hydrogen-bond acceptors (Lipinski definition) is 4. The normalized spacial score (nSPS) is 11.1. The molecular formula is C13H20F2N2O2. The summed E-state index contributed by atoms with van der Waals surface area (Å²) in [6.07, 6.45) is -2.37. The SMILES string of the molecule is CC(C)Oc1cc(N)cc(NCCOCC(F)F)c1. The predicted octanol–water partition coefficient (Wildman–Crippen LogP) is 2.75. The van der Waals surface area contributed by atoms with Gasteiger partial charge in [0, 0.05) is 30.1 Å². The van der Waals surface area contributed by atoms with Crippen molar-refractivity contribution in [2.75, 3.05) is 30.8 Å². The number of halogens is 2. The van der Waals surface area contributed by atoms with E-state index < -0.39 is 13.0 Å². The molecule has 0 heterocycles. The first-order valence-electron chi connectivity index (χ1n) is 6.14. The first-order chi connectivity index (χ1) is 8.97. The molecule has 0 amide bonds. The van der Waals surface area contributed by atoms with E-state index in [4.69, 9.17) is 15.2 Å². The Labute approximate surface area is 111 Å². The molecule has 3 N–H and O–H groups in total. The quantitative estimate of drug-likeness (QED) is 0.565. The number of nitrogen functional groups attached to an aromatic ring is 1. The standard InChI is InChI=1S/C13H20F2N2O2/c1-9(2)19-12-6-10(16)5-11(7-12)17-3-4-18-8-13(14)15/h5-7,9,13,17H,3-4,8,16H2,1-2H3. The second kappa shape index (κ2) is 7.78. The summed E-state index contributed by atoms with van der Waals surface area (Å²) < 4.78 is 34.0. The van der Waals surface area contributed by atoms with E-state index in [9.17, 15) is 8.78 Å². The van der Waals surface area contributed by atoms with Crippen LogP contribution in [0.4, 0.5) is 20.2 Å². The number of ether oxygens (including phenoxy) is 2. The molecule has 0 fully saturated rings. The topological polar surface area (TPSA) is 56.5 Å². The van der Waals surface area contributed by atoms with Crippen LogP contribution in [0.2, 0.25) is 0 Å². The molecule has 0 atom stereocenters. The van der Waals surface area contributed by atoms with Gasteiger partial charge in [0.15, 0.2) is 0 Å². The highest BCUT2D eigenvalue weighted by molar-refractivity contribution is 5.59. The third-order valence-electron chi connectivity index (χ3n) is 2.12. The molecule has 6 heteroatoms. The number of anilines is 2. The first-order valence-corrected chi connectivity index (χ1v) is 6.14. The third-order valence-corrected chi connectivity index (χ3v) is 2.12. The van der Waals surface area contributed by atoms with Crippen LogP contribution >= 0.6 is 0 Å². The van der Waals surface area contributed by atoms with E-state index in [2.05, 4.69) is 5.32 Å². The molecule has 0 saturated carbocycles. The van der Waals surface area contributed by atoms with Crippen LogP contribution in [0.3, 0.4) is 0 Å². The van der Waals surface area contributed by atoms with Gasteiger partial charge in [-0.3, -0.25) is 0 Å². The average Bonchev–Trinajstić information content (AvgIpc) is 2.26.